The van der Waals surface area contributed by atoms with E-state index < -0.39 is 23.0 Å². The molecule has 1 aliphatic rings. The van der Waals surface area contributed by atoms with E-state index in [4.69, 9.17) is 0 Å². The van der Waals surface area contributed by atoms with Crippen molar-refractivity contribution < 1.29 is 8.78 Å². The second kappa shape index (κ2) is 12.9. The SMILES string of the molecule is CCCCCCCCC1(CCCCC)C=CC(c2ccc(-c3ccccc3)cc2)C(F)=C1F. The topological polar surface area (TPSA) is 0 Å². The highest BCUT2D eigenvalue weighted by molar-refractivity contribution is 5.63. The second-order valence-electron chi connectivity index (χ2n) is 9.62. The van der Waals surface area contributed by atoms with Crippen molar-refractivity contribution >= 4 is 0 Å². The first-order chi connectivity index (χ1) is 16.1. The van der Waals surface area contributed by atoms with Gasteiger partial charge in [-0.3, -0.25) is 0 Å². The van der Waals surface area contributed by atoms with Gasteiger partial charge in [-0.1, -0.05) is 138 Å². The highest BCUT2D eigenvalue weighted by Gasteiger charge is 2.39. The first-order valence-electron chi connectivity index (χ1n) is 13.0. The van der Waals surface area contributed by atoms with Crippen LogP contribution in [0.25, 0.3) is 11.1 Å². The molecule has 2 heteroatoms. The van der Waals surface area contributed by atoms with Crippen molar-refractivity contribution in [1.82, 2.24) is 0 Å². The molecule has 0 aliphatic heterocycles. The minimum atomic E-state index is -0.759. The van der Waals surface area contributed by atoms with E-state index in [-0.39, 0.29) is 0 Å². The Morgan fingerprint density at radius 1 is 0.667 bits per heavy atom. The fourth-order valence-corrected chi connectivity index (χ4v) is 5.01. The molecule has 0 saturated heterocycles. The van der Waals surface area contributed by atoms with Gasteiger partial charge in [0.1, 0.15) is 11.7 Å². The molecule has 0 nitrogen and oxygen atoms in total. The molecule has 178 valence electrons. The van der Waals surface area contributed by atoms with Crippen LogP contribution in [-0.4, -0.2) is 0 Å². The number of hydrogen-bond donors (Lipinski definition) is 0. The predicted molar refractivity (Wildman–Crippen MR) is 138 cm³/mol. The normalized spacial score (nSPS) is 20.4. The maximum atomic E-state index is 15.7. The van der Waals surface area contributed by atoms with Crippen molar-refractivity contribution in [3.8, 4) is 11.1 Å². The smallest absolute Gasteiger partial charge is 0.143 e. The van der Waals surface area contributed by atoms with Crippen molar-refractivity contribution in [2.24, 2.45) is 5.41 Å². The van der Waals surface area contributed by atoms with Crippen LogP contribution in [0.3, 0.4) is 0 Å². The third-order valence-corrected chi connectivity index (χ3v) is 7.11. The van der Waals surface area contributed by atoms with Crippen molar-refractivity contribution in [1.29, 1.82) is 0 Å². The second-order valence-corrected chi connectivity index (χ2v) is 9.62. The van der Waals surface area contributed by atoms with Gasteiger partial charge in [0.2, 0.25) is 0 Å². The molecule has 0 heterocycles. The summed E-state index contributed by atoms with van der Waals surface area (Å²) in [7, 11) is 0. The van der Waals surface area contributed by atoms with E-state index in [0.29, 0.717) is 12.8 Å². The third-order valence-electron chi connectivity index (χ3n) is 7.11. The van der Waals surface area contributed by atoms with Gasteiger partial charge in [-0.2, -0.15) is 0 Å². The van der Waals surface area contributed by atoms with E-state index >= 15 is 8.78 Å². The quantitative estimate of drug-likeness (QED) is 0.210. The fourth-order valence-electron chi connectivity index (χ4n) is 5.01. The first-order valence-corrected chi connectivity index (χ1v) is 13.0. The maximum absolute atomic E-state index is 15.7. The summed E-state index contributed by atoms with van der Waals surface area (Å²) in [5, 5.41) is 0. The fraction of sp³-hybridized carbons (Fsp3) is 0.484. The van der Waals surface area contributed by atoms with E-state index in [1.807, 2.05) is 54.6 Å². The molecule has 2 unspecified atom stereocenters. The van der Waals surface area contributed by atoms with Crippen LogP contribution in [0.4, 0.5) is 8.78 Å². The Morgan fingerprint density at radius 2 is 1.21 bits per heavy atom. The van der Waals surface area contributed by atoms with Crippen LogP contribution < -0.4 is 0 Å². The Kier molecular flexibility index (Phi) is 9.91. The zero-order chi connectivity index (χ0) is 23.5. The molecule has 2 aromatic carbocycles. The summed E-state index contributed by atoms with van der Waals surface area (Å²) < 4.78 is 31.2. The van der Waals surface area contributed by atoms with E-state index in [1.165, 1.54) is 25.7 Å². The molecule has 2 aromatic rings. The van der Waals surface area contributed by atoms with Crippen LogP contribution in [0.2, 0.25) is 0 Å². The summed E-state index contributed by atoms with van der Waals surface area (Å²) in [6.45, 7) is 4.36. The Morgan fingerprint density at radius 3 is 1.88 bits per heavy atom. The summed E-state index contributed by atoms with van der Waals surface area (Å²) in [5.74, 6) is -1.74. The van der Waals surface area contributed by atoms with Gasteiger partial charge >= 0.3 is 0 Å². The average Bonchev–Trinajstić information content (AvgIpc) is 2.85. The van der Waals surface area contributed by atoms with E-state index in [2.05, 4.69) is 26.0 Å². The lowest BCUT2D eigenvalue weighted by molar-refractivity contribution is 0.267. The molecule has 2 atom stereocenters. The van der Waals surface area contributed by atoms with Crippen LogP contribution in [0.1, 0.15) is 96.0 Å². The minimum Gasteiger partial charge on any atom is -0.208 e. The lowest BCUT2D eigenvalue weighted by Gasteiger charge is -2.34. The van der Waals surface area contributed by atoms with Crippen LogP contribution in [0.15, 0.2) is 78.4 Å². The summed E-state index contributed by atoms with van der Waals surface area (Å²) in [4.78, 5) is 0. The van der Waals surface area contributed by atoms with Crippen molar-refractivity contribution in [2.75, 3.05) is 0 Å². The highest BCUT2D eigenvalue weighted by Crippen LogP contribution is 2.49. The summed E-state index contributed by atoms with van der Waals surface area (Å²) in [6.07, 6.45) is 15.4. The number of rotatable bonds is 13. The average molecular weight is 451 g/mol. The number of hydrogen-bond acceptors (Lipinski definition) is 0. The molecule has 0 saturated carbocycles. The minimum absolute atomic E-state index is 0.521. The van der Waals surface area contributed by atoms with Gasteiger partial charge in [0.15, 0.2) is 0 Å². The van der Waals surface area contributed by atoms with Crippen molar-refractivity contribution in [3.63, 3.8) is 0 Å². The molecule has 0 amide bonds. The molecule has 0 radical (unpaired) electrons. The van der Waals surface area contributed by atoms with Crippen LogP contribution in [0.5, 0.6) is 0 Å². The van der Waals surface area contributed by atoms with E-state index in [9.17, 15) is 0 Å². The lowest BCUT2D eigenvalue weighted by atomic mass is 9.71. The van der Waals surface area contributed by atoms with Crippen LogP contribution >= 0.6 is 0 Å². The first kappa shape index (κ1) is 25.4. The van der Waals surface area contributed by atoms with Gasteiger partial charge in [-0.25, -0.2) is 8.78 Å². The number of unbranched alkanes of at least 4 members (excludes halogenated alkanes) is 7. The van der Waals surface area contributed by atoms with Crippen molar-refractivity contribution in [2.45, 2.75) is 90.4 Å². The molecule has 3 rings (SSSR count). The van der Waals surface area contributed by atoms with Gasteiger partial charge in [0, 0.05) is 5.41 Å². The van der Waals surface area contributed by atoms with Gasteiger partial charge in [0.25, 0.3) is 0 Å². The molecular weight excluding hydrogens is 410 g/mol. The molecule has 0 fully saturated rings. The Balaban J connectivity index is 1.74. The van der Waals surface area contributed by atoms with Crippen molar-refractivity contribution in [3.05, 3.63) is 84.0 Å². The molecular formula is C31H40F2. The summed E-state index contributed by atoms with van der Waals surface area (Å²) in [5.41, 5.74) is 2.26. The molecule has 0 aromatic heterocycles. The lowest BCUT2D eigenvalue weighted by Crippen LogP contribution is -2.24. The third kappa shape index (κ3) is 6.65. The molecule has 0 spiro atoms. The zero-order valence-electron chi connectivity index (χ0n) is 20.5. The van der Waals surface area contributed by atoms with Crippen LogP contribution in [0, 0.1) is 5.41 Å². The molecule has 1 aliphatic carbocycles. The Bertz CT molecular complexity index is 894. The number of benzene rings is 2. The predicted octanol–water partition coefficient (Wildman–Crippen LogP) is 10.5. The zero-order valence-corrected chi connectivity index (χ0v) is 20.5. The highest BCUT2D eigenvalue weighted by atomic mass is 19.2. The maximum Gasteiger partial charge on any atom is 0.143 e. The molecule has 0 bridgehead atoms. The monoisotopic (exact) mass is 450 g/mol. The van der Waals surface area contributed by atoms with Gasteiger partial charge in [0.05, 0.1) is 5.92 Å². The Hall–Kier alpha value is -2.22. The Labute approximate surface area is 199 Å². The summed E-state index contributed by atoms with van der Waals surface area (Å²) in [6, 6.07) is 18.0. The standard InChI is InChI=1S/C31H40F2/c1-3-5-7-8-9-14-23-31(22-13-6-4-2)24-21-28(29(32)30(31)33)27-19-17-26(18-20-27)25-15-11-10-12-16-25/h10-12,15-21,24,28H,3-9,13-14,22-23H2,1-2H3. The van der Waals surface area contributed by atoms with Gasteiger partial charge < -0.3 is 0 Å². The van der Waals surface area contributed by atoms with E-state index in [1.54, 1.807) is 0 Å². The van der Waals surface area contributed by atoms with E-state index in [0.717, 1.165) is 48.8 Å². The van der Waals surface area contributed by atoms with Gasteiger partial charge in [-0.05, 0) is 29.5 Å². The molecule has 0 N–H and O–H groups in total. The van der Waals surface area contributed by atoms with Crippen LogP contribution in [-0.2, 0) is 0 Å². The molecule has 33 heavy (non-hydrogen) atoms. The number of halogens is 2. The summed E-state index contributed by atoms with van der Waals surface area (Å²) >= 11 is 0. The largest absolute Gasteiger partial charge is 0.208 e. The van der Waals surface area contributed by atoms with Gasteiger partial charge in [-0.15, -0.1) is 0 Å². The number of allylic oxidation sites excluding steroid dienone is 4.